The summed E-state index contributed by atoms with van der Waals surface area (Å²) in [5.41, 5.74) is 0. The fraction of sp³-hybridized carbons (Fsp3) is 0.400. The third kappa shape index (κ3) is 5.01. The van der Waals surface area contributed by atoms with Crippen LogP contribution in [0.1, 0.15) is 23.7 Å². The predicted octanol–water partition coefficient (Wildman–Crippen LogP) is 3.26. The van der Waals surface area contributed by atoms with Gasteiger partial charge >= 0.3 is 0 Å². The van der Waals surface area contributed by atoms with E-state index in [1.807, 2.05) is 36.5 Å². The number of nitrogens with one attached hydrogen (secondary N) is 1. The Bertz CT molecular complexity index is 482. The van der Waals surface area contributed by atoms with E-state index < -0.39 is 0 Å². The molecule has 0 bridgehead atoms. The maximum Gasteiger partial charge on any atom is 0.119 e. The van der Waals surface area contributed by atoms with Crippen molar-refractivity contribution in [3.05, 3.63) is 46.4 Å². The van der Waals surface area contributed by atoms with Gasteiger partial charge in [0.05, 0.1) is 11.6 Å². The van der Waals surface area contributed by atoms with Gasteiger partial charge in [0.1, 0.15) is 5.75 Å². The van der Waals surface area contributed by atoms with Crippen molar-refractivity contribution in [2.24, 2.45) is 0 Å². The molecule has 1 N–H and O–H groups in total. The van der Waals surface area contributed by atoms with E-state index in [9.17, 15) is 0 Å². The molecule has 3 nitrogen and oxygen atoms in total. The minimum absolute atomic E-state index is 0.506. The molecule has 0 spiro atoms. The fourth-order valence-corrected chi connectivity index (χ4v) is 2.48. The van der Waals surface area contributed by atoms with Gasteiger partial charge in [-0.3, -0.25) is 0 Å². The van der Waals surface area contributed by atoms with E-state index in [1.54, 1.807) is 11.3 Å². The Hall–Kier alpha value is -1.39. The first-order chi connectivity index (χ1) is 9.24. The van der Waals surface area contributed by atoms with Crippen molar-refractivity contribution in [2.75, 3.05) is 6.61 Å². The highest BCUT2D eigenvalue weighted by Gasteiger charge is 2.03. The molecule has 0 fully saturated rings. The van der Waals surface area contributed by atoms with Gasteiger partial charge in [-0.2, -0.15) is 0 Å². The summed E-state index contributed by atoms with van der Waals surface area (Å²) in [5, 5.41) is 4.53. The Kier molecular flexibility index (Phi) is 5.36. The minimum Gasteiger partial charge on any atom is -0.493 e. The summed E-state index contributed by atoms with van der Waals surface area (Å²) in [6.45, 7) is 5.87. The molecule has 0 amide bonds. The number of hydrogen-bond donors (Lipinski definition) is 1. The lowest BCUT2D eigenvalue weighted by Crippen LogP contribution is -2.21. The van der Waals surface area contributed by atoms with Crippen LogP contribution in [-0.2, 0) is 13.0 Å². The molecular formula is C15H20N2OS. The lowest BCUT2D eigenvalue weighted by atomic mass is 10.3. The molecule has 102 valence electrons. The lowest BCUT2D eigenvalue weighted by molar-refractivity contribution is 0.322. The first-order valence-electron chi connectivity index (χ1n) is 6.59. The van der Waals surface area contributed by atoms with Gasteiger partial charge in [0, 0.05) is 30.1 Å². The van der Waals surface area contributed by atoms with E-state index in [2.05, 4.69) is 24.1 Å². The molecule has 0 aliphatic carbocycles. The maximum atomic E-state index is 5.67. The summed E-state index contributed by atoms with van der Waals surface area (Å²) in [5.74, 6) is 0.917. The first kappa shape index (κ1) is 14.0. The van der Waals surface area contributed by atoms with Crippen LogP contribution < -0.4 is 10.1 Å². The molecule has 1 aromatic carbocycles. The molecule has 0 atom stereocenters. The number of nitrogens with zero attached hydrogens (tertiary/aromatic N) is 1. The molecule has 0 aliphatic rings. The molecular weight excluding hydrogens is 256 g/mol. The largest absolute Gasteiger partial charge is 0.493 e. The van der Waals surface area contributed by atoms with Crippen molar-refractivity contribution in [1.29, 1.82) is 0 Å². The Morgan fingerprint density at radius 2 is 2.05 bits per heavy atom. The van der Waals surface area contributed by atoms with Crippen LogP contribution in [0.3, 0.4) is 0 Å². The standard InChI is InChI=1S/C15H20N2OS/c1-12(2)16-10-14-11-17-15(19-14)8-9-18-13-6-4-3-5-7-13/h3-7,11-12,16H,8-10H2,1-2H3. The number of para-hydroxylation sites is 1. The number of thiazole rings is 1. The van der Waals surface area contributed by atoms with E-state index in [0.29, 0.717) is 12.6 Å². The van der Waals surface area contributed by atoms with Gasteiger partial charge in [-0.25, -0.2) is 4.98 Å². The van der Waals surface area contributed by atoms with Crippen LogP contribution in [0.25, 0.3) is 0 Å². The molecule has 0 unspecified atom stereocenters. The van der Waals surface area contributed by atoms with Crippen molar-refractivity contribution < 1.29 is 4.74 Å². The van der Waals surface area contributed by atoms with E-state index in [-0.39, 0.29) is 0 Å². The average molecular weight is 276 g/mol. The van der Waals surface area contributed by atoms with Gasteiger partial charge in [0.25, 0.3) is 0 Å². The smallest absolute Gasteiger partial charge is 0.119 e. The summed E-state index contributed by atoms with van der Waals surface area (Å²) < 4.78 is 5.67. The van der Waals surface area contributed by atoms with Crippen LogP contribution in [-0.4, -0.2) is 17.6 Å². The Morgan fingerprint density at radius 3 is 2.79 bits per heavy atom. The zero-order chi connectivity index (χ0) is 13.5. The highest BCUT2D eigenvalue weighted by molar-refractivity contribution is 7.11. The fourth-order valence-electron chi connectivity index (χ4n) is 1.62. The normalized spacial score (nSPS) is 10.9. The van der Waals surface area contributed by atoms with Gasteiger partial charge in [-0.05, 0) is 12.1 Å². The summed E-state index contributed by atoms with van der Waals surface area (Å²) in [4.78, 5) is 5.70. The number of hydrogen-bond acceptors (Lipinski definition) is 4. The molecule has 2 rings (SSSR count). The molecule has 1 heterocycles. The van der Waals surface area contributed by atoms with Crippen LogP contribution in [0.4, 0.5) is 0 Å². The van der Waals surface area contributed by atoms with Crippen LogP contribution in [0.5, 0.6) is 5.75 Å². The van der Waals surface area contributed by atoms with E-state index >= 15 is 0 Å². The average Bonchev–Trinajstić information content (AvgIpc) is 2.86. The van der Waals surface area contributed by atoms with Crippen LogP contribution in [0.15, 0.2) is 36.5 Å². The number of aromatic nitrogens is 1. The molecule has 0 aliphatic heterocycles. The topological polar surface area (TPSA) is 34.2 Å². The second-order valence-corrected chi connectivity index (χ2v) is 5.87. The third-order valence-corrected chi connectivity index (χ3v) is 3.67. The van der Waals surface area contributed by atoms with Gasteiger partial charge in [0.2, 0.25) is 0 Å². The molecule has 2 aromatic rings. The number of ether oxygens (including phenoxy) is 1. The molecule has 4 heteroatoms. The van der Waals surface area contributed by atoms with Crippen molar-refractivity contribution in [3.63, 3.8) is 0 Å². The van der Waals surface area contributed by atoms with Gasteiger partial charge in [-0.1, -0.05) is 32.0 Å². The Labute approximate surface area is 118 Å². The van der Waals surface area contributed by atoms with Gasteiger partial charge < -0.3 is 10.1 Å². The molecule has 19 heavy (non-hydrogen) atoms. The zero-order valence-electron chi connectivity index (χ0n) is 11.4. The van der Waals surface area contributed by atoms with Crippen LogP contribution >= 0.6 is 11.3 Å². The molecule has 0 radical (unpaired) electrons. The summed E-state index contributed by atoms with van der Waals surface area (Å²) >= 11 is 1.76. The Morgan fingerprint density at radius 1 is 1.26 bits per heavy atom. The summed E-state index contributed by atoms with van der Waals surface area (Å²) in [7, 11) is 0. The third-order valence-electron chi connectivity index (χ3n) is 2.61. The quantitative estimate of drug-likeness (QED) is 0.843. The number of rotatable bonds is 7. The van der Waals surface area contributed by atoms with E-state index in [4.69, 9.17) is 4.74 Å². The molecule has 1 aromatic heterocycles. The summed E-state index contributed by atoms with van der Waals surface area (Å²) in [6, 6.07) is 10.4. The van der Waals surface area contributed by atoms with E-state index in [0.717, 1.165) is 23.7 Å². The van der Waals surface area contributed by atoms with Crippen molar-refractivity contribution in [1.82, 2.24) is 10.3 Å². The molecule has 0 saturated carbocycles. The van der Waals surface area contributed by atoms with Gasteiger partial charge in [0.15, 0.2) is 0 Å². The van der Waals surface area contributed by atoms with Gasteiger partial charge in [-0.15, -0.1) is 11.3 Å². The predicted molar refractivity (Wildman–Crippen MR) is 79.7 cm³/mol. The Balaban J connectivity index is 1.74. The number of benzene rings is 1. The van der Waals surface area contributed by atoms with Crippen LogP contribution in [0.2, 0.25) is 0 Å². The maximum absolute atomic E-state index is 5.67. The second-order valence-electron chi connectivity index (χ2n) is 4.67. The van der Waals surface area contributed by atoms with Crippen molar-refractivity contribution >= 4 is 11.3 Å². The van der Waals surface area contributed by atoms with E-state index in [1.165, 1.54) is 4.88 Å². The highest BCUT2D eigenvalue weighted by atomic mass is 32.1. The molecule has 0 saturated heterocycles. The summed E-state index contributed by atoms with van der Waals surface area (Å²) in [6.07, 6.45) is 2.82. The SMILES string of the molecule is CC(C)NCc1cnc(CCOc2ccccc2)s1. The lowest BCUT2D eigenvalue weighted by Gasteiger charge is -2.05. The van der Waals surface area contributed by atoms with Crippen molar-refractivity contribution in [3.8, 4) is 5.75 Å². The van der Waals surface area contributed by atoms with Crippen molar-refractivity contribution in [2.45, 2.75) is 32.9 Å². The van der Waals surface area contributed by atoms with Crippen LogP contribution in [0, 0.1) is 0 Å². The zero-order valence-corrected chi connectivity index (χ0v) is 12.2. The minimum atomic E-state index is 0.506. The second kappa shape index (κ2) is 7.26. The monoisotopic (exact) mass is 276 g/mol. The highest BCUT2D eigenvalue weighted by Crippen LogP contribution is 2.14. The first-order valence-corrected chi connectivity index (χ1v) is 7.40.